The average Bonchev–Trinajstić information content (AvgIpc) is 3.32. The molecule has 0 spiro atoms. The van der Waals surface area contributed by atoms with Crippen molar-refractivity contribution >= 4 is 23.9 Å². The number of carbonyl (C=O) groups excluding carboxylic acids is 4. The summed E-state index contributed by atoms with van der Waals surface area (Å²) >= 11 is 0. The molecule has 0 aromatic rings. The van der Waals surface area contributed by atoms with Crippen LogP contribution in [0, 0.1) is 5.92 Å². The Balaban J connectivity index is 4.41. The summed E-state index contributed by atoms with van der Waals surface area (Å²) in [6.45, 7) is 13.4. The van der Waals surface area contributed by atoms with Gasteiger partial charge in [0.05, 0.1) is 18.9 Å². The normalized spacial score (nSPS) is 11.8. The fourth-order valence-corrected chi connectivity index (χ4v) is 7.38. The molecule has 0 bridgehead atoms. The third kappa shape index (κ3) is 46.7. The van der Waals surface area contributed by atoms with E-state index < -0.39 is 5.92 Å². The summed E-state index contributed by atoms with van der Waals surface area (Å²) < 4.78 is 34.2. The topological polar surface area (TPSA) is 147 Å². The molecule has 0 unspecified atom stereocenters. The number of carbonyl (C=O) groups is 4. The van der Waals surface area contributed by atoms with Crippen LogP contribution in [0.3, 0.4) is 0 Å². The molecule has 0 fully saturated rings. The molecule has 12 heteroatoms. The van der Waals surface area contributed by atoms with Crippen molar-refractivity contribution in [3.05, 3.63) is 24.3 Å². The summed E-state index contributed by atoms with van der Waals surface area (Å²) in [5.74, 6) is -1.43. The van der Waals surface area contributed by atoms with Crippen LogP contribution in [-0.2, 0) is 47.6 Å². The van der Waals surface area contributed by atoms with Gasteiger partial charge in [-0.15, -0.1) is 0 Å². The first kappa shape index (κ1) is 64.2. The first-order valence-electron chi connectivity index (χ1n) is 27.3. The summed E-state index contributed by atoms with van der Waals surface area (Å²) in [7, 11) is 0. The summed E-state index contributed by atoms with van der Waals surface area (Å²) in [6.07, 6.45) is 36.1. The second-order valence-electron chi connectivity index (χ2n) is 18.1. The second-order valence-corrected chi connectivity index (χ2v) is 18.1. The van der Waals surface area contributed by atoms with E-state index in [1.54, 1.807) is 0 Å². The van der Waals surface area contributed by atoms with Gasteiger partial charge >= 0.3 is 23.9 Å². The average molecular weight is 952 g/mol. The number of hydrogen-bond acceptors (Lipinski definition) is 12. The van der Waals surface area contributed by atoms with Crippen molar-refractivity contribution in [2.75, 3.05) is 65.9 Å². The first-order chi connectivity index (χ1) is 32.8. The van der Waals surface area contributed by atoms with E-state index in [2.05, 4.69) is 56.9 Å². The largest absolute Gasteiger partial charge is 0.466 e. The van der Waals surface area contributed by atoms with E-state index in [0.29, 0.717) is 51.9 Å². The van der Waals surface area contributed by atoms with Crippen molar-refractivity contribution in [1.29, 1.82) is 0 Å². The van der Waals surface area contributed by atoms with Crippen molar-refractivity contribution in [2.45, 2.75) is 233 Å². The first-order valence-corrected chi connectivity index (χ1v) is 27.3. The van der Waals surface area contributed by atoms with Gasteiger partial charge in [-0.25, -0.2) is 0 Å². The Morgan fingerprint density at radius 3 is 1.30 bits per heavy atom. The lowest BCUT2D eigenvalue weighted by Crippen LogP contribution is -2.28. The fraction of sp³-hybridized carbons (Fsp3) is 0.855. The lowest BCUT2D eigenvalue weighted by Gasteiger charge is -2.22. The third-order valence-electron chi connectivity index (χ3n) is 11.6. The Hall–Kier alpha value is -2.80. The van der Waals surface area contributed by atoms with Crippen LogP contribution in [0.1, 0.15) is 227 Å². The van der Waals surface area contributed by atoms with E-state index in [-0.39, 0.29) is 56.6 Å². The molecule has 12 nitrogen and oxygen atoms in total. The molecule has 0 amide bonds. The lowest BCUT2D eigenvalue weighted by molar-refractivity contribution is -0.159. The maximum atomic E-state index is 12.6. The molecular formula is C55H101NO11. The van der Waals surface area contributed by atoms with Crippen molar-refractivity contribution < 1.29 is 52.7 Å². The molecule has 392 valence electrons. The fourth-order valence-electron chi connectivity index (χ4n) is 7.38. The molecule has 0 saturated carbocycles. The zero-order chi connectivity index (χ0) is 49.1. The summed E-state index contributed by atoms with van der Waals surface area (Å²) in [5.41, 5.74) is 0. The highest BCUT2D eigenvalue weighted by Gasteiger charge is 2.18. The highest BCUT2D eigenvalue weighted by atomic mass is 16.7. The van der Waals surface area contributed by atoms with Gasteiger partial charge in [0.2, 0.25) is 0 Å². The Bertz CT molecular complexity index is 1140. The summed E-state index contributed by atoms with van der Waals surface area (Å²) in [5, 5.41) is 9.46. The highest BCUT2D eigenvalue weighted by molar-refractivity contribution is 5.70. The van der Waals surface area contributed by atoms with E-state index >= 15 is 0 Å². The van der Waals surface area contributed by atoms with Crippen LogP contribution in [0.15, 0.2) is 24.3 Å². The highest BCUT2D eigenvalue weighted by Crippen LogP contribution is 2.14. The molecular weight excluding hydrogens is 851 g/mol. The SMILES string of the molecule is CC/C=C\CCCCOC(CCC(=O)OCCCCCCCN(CCCO)CCCCCCC(=O)OCC(COC(=O)CCCCCC)COC(=O)CCCCCC)OCCCC/C=C\CC. The Kier molecular flexibility index (Phi) is 48.9. The number of ether oxygens (including phenoxy) is 6. The van der Waals surface area contributed by atoms with Crippen LogP contribution < -0.4 is 0 Å². The van der Waals surface area contributed by atoms with Crippen molar-refractivity contribution in [3.8, 4) is 0 Å². The van der Waals surface area contributed by atoms with E-state index in [1.807, 2.05) is 0 Å². The number of unbranched alkanes of at least 4 members (excludes halogenated alkanes) is 17. The van der Waals surface area contributed by atoms with Crippen molar-refractivity contribution in [3.63, 3.8) is 0 Å². The standard InChI is InChI=1S/C55H101NO11/c1-5-9-13-17-23-32-45-63-55(64-46-33-24-18-14-10-6-2)39-38-54(61)62-44-31-25-19-21-29-40-56(42-34-43-57)41-30-22-20-28-37-53(60)67-49-50(47-65-51(58)35-26-15-11-7-3)48-66-52(59)36-27-16-12-8-4/h9-10,13-14,50,55,57H,5-8,11-12,15-49H2,1-4H3/b13-9-,14-10-. The maximum absolute atomic E-state index is 12.6. The van der Waals surface area contributed by atoms with Gasteiger partial charge in [-0.05, 0) is 109 Å². The van der Waals surface area contributed by atoms with Crippen LogP contribution in [-0.4, -0.2) is 106 Å². The molecule has 67 heavy (non-hydrogen) atoms. The predicted molar refractivity (Wildman–Crippen MR) is 271 cm³/mol. The van der Waals surface area contributed by atoms with Crippen molar-refractivity contribution in [1.82, 2.24) is 4.90 Å². The molecule has 1 N–H and O–H groups in total. The van der Waals surface area contributed by atoms with Gasteiger partial charge in [-0.1, -0.05) is 123 Å². The molecule has 0 aromatic heterocycles. The number of esters is 4. The van der Waals surface area contributed by atoms with Crippen molar-refractivity contribution in [2.24, 2.45) is 5.92 Å². The van der Waals surface area contributed by atoms with Gasteiger partial charge in [0, 0.05) is 52.0 Å². The van der Waals surface area contributed by atoms with Gasteiger partial charge in [0.1, 0.15) is 19.8 Å². The quantitative estimate of drug-likeness (QED) is 0.0203. The zero-order valence-corrected chi connectivity index (χ0v) is 43.4. The van der Waals surface area contributed by atoms with Crippen LogP contribution >= 0.6 is 0 Å². The predicted octanol–water partition coefficient (Wildman–Crippen LogP) is 12.7. The van der Waals surface area contributed by atoms with Gasteiger partial charge in [0.25, 0.3) is 0 Å². The van der Waals surface area contributed by atoms with Crippen LogP contribution in [0.4, 0.5) is 0 Å². The van der Waals surface area contributed by atoms with Gasteiger partial charge < -0.3 is 38.4 Å². The molecule has 0 aliphatic heterocycles. The Morgan fingerprint density at radius 2 is 0.836 bits per heavy atom. The van der Waals surface area contributed by atoms with Gasteiger partial charge in [0.15, 0.2) is 6.29 Å². The number of rotatable bonds is 51. The molecule has 0 aliphatic rings. The molecule has 0 heterocycles. The molecule has 0 rings (SSSR count). The Labute approximate surface area is 409 Å². The minimum absolute atomic E-state index is 0.0432. The maximum Gasteiger partial charge on any atom is 0.305 e. The van der Waals surface area contributed by atoms with Crippen LogP contribution in [0.25, 0.3) is 0 Å². The van der Waals surface area contributed by atoms with E-state index in [1.165, 1.54) is 0 Å². The Morgan fingerprint density at radius 1 is 0.433 bits per heavy atom. The summed E-state index contributed by atoms with van der Waals surface area (Å²) in [6, 6.07) is 0. The molecule has 0 atom stereocenters. The van der Waals surface area contributed by atoms with Gasteiger partial charge in [-0.3, -0.25) is 19.2 Å². The minimum Gasteiger partial charge on any atom is -0.466 e. The third-order valence-corrected chi connectivity index (χ3v) is 11.6. The lowest BCUT2D eigenvalue weighted by atomic mass is 10.1. The second kappa shape index (κ2) is 51.1. The van der Waals surface area contributed by atoms with E-state index in [4.69, 9.17) is 28.4 Å². The molecule has 0 saturated heterocycles. The van der Waals surface area contributed by atoms with E-state index in [9.17, 15) is 24.3 Å². The number of hydrogen-bond donors (Lipinski definition) is 1. The minimum atomic E-state index is -0.399. The summed E-state index contributed by atoms with van der Waals surface area (Å²) in [4.78, 5) is 52.2. The molecule has 0 aliphatic carbocycles. The van der Waals surface area contributed by atoms with Crippen LogP contribution in [0.2, 0.25) is 0 Å². The number of aliphatic hydroxyl groups excluding tert-OH is 1. The van der Waals surface area contributed by atoms with Gasteiger partial charge in [-0.2, -0.15) is 0 Å². The smallest absolute Gasteiger partial charge is 0.305 e. The number of aliphatic hydroxyl groups is 1. The monoisotopic (exact) mass is 952 g/mol. The zero-order valence-electron chi connectivity index (χ0n) is 43.4. The number of allylic oxidation sites excluding steroid dienone is 4. The van der Waals surface area contributed by atoms with Crippen LogP contribution in [0.5, 0.6) is 0 Å². The van der Waals surface area contributed by atoms with E-state index in [0.717, 1.165) is 187 Å². The number of nitrogens with zero attached hydrogens (tertiary/aromatic N) is 1. The molecule has 0 radical (unpaired) electrons. The molecule has 0 aromatic carbocycles.